The molecule has 2 atom stereocenters. The zero-order valence-electron chi connectivity index (χ0n) is 19.4. The summed E-state index contributed by atoms with van der Waals surface area (Å²) in [6.45, 7) is 1.82. The number of anilines is 1. The van der Waals surface area contributed by atoms with Crippen molar-refractivity contribution < 1.29 is 4.79 Å². The Hall–Kier alpha value is -3.19. The van der Waals surface area contributed by atoms with Gasteiger partial charge in [0.2, 0.25) is 0 Å². The SMILES string of the molecule is Cc1cc(C(=O)N=C2Cc3ccccc3N2[C@H]2CC[C@@H](CCCl)C2)cc(-c2c[nH]n(C)c2=O)n1. The highest BCUT2D eigenvalue weighted by molar-refractivity contribution is 6.17. The third kappa shape index (κ3) is 4.20. The third-order valence-corrected chi connectivity index (χ3v) is 7.14. The first-order chi connectivity index (χ1) is 16.4. The smallest absolute Gasteiger partial charge is 0.278 e. The molecule has 176 valence electrons. The molecule has 0 bridgehead atoms. The minimum absolute atomic E-state index is 0.187. The molecule has 1 N–H and O–H groups in total. The van der Waals surface area contributed by atoms with E-state index in [1.807, 2.05) is 19.1 Å². The lowest BCUT2D eigenvalue weighted by Crippen LogP contribution is -2.37. The number of aliphatic imine (C=N–C) groups is 1. The second-order valence-electron chi connectivity index (χ2n) is 9.25. The van der Waals surface area contributed by atoms with Crippen molar-refractivity contribution in [1.29, 1.82) is 0 Å². The molecule has 5 rings (SSSR count). The second-order valence-corrected chi connectivity index (χ2v) is 9.63. The number of carbonyl (C=O) groups is 1. The van der Waals surface area contributed by atoms with Gasteiger partial charge in [-0.15, -0.1) is 11.6 Å². The van der Waals surface area contributed by atoms with Crippen molar-refractivity contribution in [2.45, 2.75) is 45.1 Å². The molecule has 0 saturated heterocycles. The monoisotopic (exact) mass is 477 g/mol. The van der Waals surface area contributed by atoms with Crippen LogP contribution in [0, 0.1) is 12.8 Å². The molecule has 1 aromatic carbocycles. The first-order valence-corrected chi connectivity index (χ1v) is 12.3. The molecule has 1 aliphatic heterocycles. The predicted octanol–water partition coefficient (Wildman–Crippen LogP) is 4.48. The lowest BCUT2D eigenvalue weighted by atomic mass is 10.0. The van der Waals surface area contributed by atoms with Crippen LogP contribution >= 0.6 is 11.6 Å². The number of benzene rings is 1. The van der Waals surface area contributed by atoms with Gasteiger partial charge in [-0.25, -0.2) is 0 Å². The fourth-order valence-electron chi connectivity index (χ4n) is 5.25. The topological polar surface area (TPSA) is 83.4 Å². The molecule has 1 amide bonds. The van der Waals surface area contributed by atoms with Crippen LogP contribution in [0.3, 0.4) is 0 Å². The highest BCUT2D eigenvalue weighted by Crippen LogP contribution is 2.39. The number of para-hydroxylation sites is 1. The molecule has 3 aromatic rings. The minimum atomic E-state index is -0.317. The standard InChI is InChI=1S/C26H28ClN5O2/c1-16-11-19(13-22(29-16)21-15-28-31(2)26(21)34)25(33)30-24-14-18-5-3-4-6-23(18)32(24)20-8-7-17(12-20)9-10-27/h3-6,11,13,15,17,20,28H,7-10,12,14H2,1-2H3/t17-,20-/m0/s1. The maximum Gasteiger partial charge on any atom is 0.278 e. The Kier molecular flexibility index (Phi) is 6.13. The van der Waals surface area contributed by atoms with E-state index >= 15 is 0 Å². The molecule has 34 heavy (non-hydrogen) atoms. The van der Waals surface area contributed by atoms with Gasteiger partial charge in [0, 0.05) is 48.5 Å². The predicted molar refractivity (Wildman–Crippen MR) is 135 cm³/mol. The first-order valence-electron chi connectivity index (χ1n) is 11.7. The Bertz CT molecular complexity index is 1320. The van der Waals surface area contributed by atoms with E-state index in [-0.39, 0.29) is 11.5 Å². The Morgan fingerprint density at radius 2 is 2.09 bits per heavy atom. The Morgan fingerprint density at radius 1 is 1.26 bits per heavy atom. The number of aromatic nitrogens is 3. The number of nitrogens with one attached hydrogen (secondary N) is 1. The molecule has 7 nitrogen and oxygen atoms in total. The summed E-state index contributed by atoms with van der Waals surface area (Å²) in [5, 5.41) is 2.86. The number of nitrogens with zero attached hydrogens (tertiary/aromatic N) is 4. The largest absolute Gasteiger partial charge is 0.326 e. The number of carbonyl (C=O) groups excluding carboxylic acids is 1. The van der Waals surface area contributed by atoms with E-state index in [4.69, 9.17) is 11.6 Å². The number of aryl methyl sites for hydroxylation is 2. The zero-order chi connectivity index (χ0) is 23.8. The van der Waals surface area contributed by atoms with Crippen LogP contribution in [-0.2, 0) is 13.5 Å². The van der Waals surface area contributed by atoms with Crippen LogP contribution in [0.5, 0.6) is 0 Å². The molecule has 0 unspecified atom stereocenters. The molecule has 1 aliphatic carbocycles. The first kappa shape index (κ1) is 22.6. The number of aromatic amines is 1. The zero-order valence-corrected chi connectivity index (χ0v) is 20.2. The van der Waals surface area contributed by atoms with Gasteiger partial charge >= 0.3 is 0 Å². The molecule has 0 spiro atoms. The summed E-state index contributed by atoms with van der Waals surface area (Å²) in [6, 6.07) is 12.0. The van der Waals surface area contributed by atoms with E-state index in [0.29, 0.717) is 46.8 Å². The van der Waals surface area contributed by atoms with Gasteiger partial charge < -0.3 is 10.00 Å². The molecular weight excluding hydrogens is 450 g/mol. The van der Waals surface area contributed by atoms with Gasteiger partial charge in [0.25, 0.3) is 11.5 Å². The molecule has 1 saturated carbocycles. The number of hydrogen-bond donors (Lipinski definition) is 1. The number of pyridine rings is 1. The Balaban J connectivity index is 1.48. The van der Waals surface area contributed by atoms with Gasteiger partial charge in [-0.2, -0.15) is 4.99 Å². The van der Waals surface area contributed by atoms with Gasteiger partial charge in [-0.3, -0.25) is 19.3 Å². The van der Waals surface area contributed by atoms with Gasteiger partial charge in [0.15, 0.2) is 0 Å². The van der Waals surface area contributed by atoms with Crippen LogP contribution in [0.25, 0.3) is 11.3 Å². The van der Waals surface area contributed by atoms with Crippen LogP contribution < -0.4 is 10.5 Å². The van der Waals surface area contributed by atoms with Crippen molar-refractivity contribution in [1.82, 2.24) is 14.8 Å². The molecule has 2 aliphatic rings. The third-order valence-electron chi connectivity index (χ3n) is 6.92. The fourth-order valence-corrected chi connectivity index (χ4v) is 5.56. The summed E-state index contributed by atoms with van der Waals surface area (Å²) >= 11 is 6.01. The molecule has 0 radical (unpaired) electrons. The number of amidine groups is 1. The summed E-state index contributed by atoms with van der Waals surface area (Å²) in [6.07, 6.45) is 6.54. The van der Waals surface area contributed by atoms with Crippen molar-refractivity contribution in [2.24, 2.45) is 18.0 Å². The highest BCUT2D eigenvalue weighted by Gasteiger charge is 2.36. The van der Waals surface area contributed by atoms with Gasteiger partial charge in [0.05, 0.1) is 11.3 Å². The number of halogens is 1. The number of fused-ring (bicyclic) bond motifs is 1. The Labute approximate surface area is 203 Å². The van der Waals surface area contributed by atoms with Crippen molar-refractivity contribution in [3.05, 3.63) is 69.8 Å². The van der Waals surface area contributed by atoms with Crippen molar-refractivity contribution in [2.75, 3.05) is 10.8 Å². The van der Waals surface area contributed by atoms with E-state index < -0.39 is 0 Å². The number of rotatable bonds is 5. The molecule has 8 heteroatoms. The second kappa shape index (κ2) is 9.22. The van der Waals surface area contributed by atoms with E-state index in [1.165, 1.54) is 10.2 Å². The summed E-state index contributed by atoms with van der Waals surface area (Å²) in [4.78, 5) is 37.1. The average molecular weight is 478 g/mol. The summed E-state index contributed by atoms with van der Waals surface area (Å²) in [5.41, 5.74) is 4.14. The van der Waals surface area contributed by atoms with Gasteiger partial charge in [-0.05, 0) is 62.3 Å². The summed E-state index contributed by atoms with van der Waals surface area (Å²) in [7, 11) is 1.65. The minimum Gasteiger partial charge on any atom is -0.326 e. The quantitative estimate of drug-likeness (QED) is 0.549. The summed E-state index contributed by atoms with van der Waals surface area (Å²) in [5.74, 6) is 1.77. The maximum absolute atomic E-state index is 13.4. The van der Waals surface area contributed by atoms with Crippen molar-refractivity contribution >= 4 is 29.0 Å². The van der Waals surface area contributed by atoms with Crippen LogP contribution in [-0.4, -0.2) is 38.4 Å². The summed E-state index contributed by atoms with van der Waals surface area (Å²) < 4.78 is 1.38. The fraction of sp³-hybridized carbons (Fsp3) is 0.385. The average Bonchev–Trinajstić information content (AvgIpc) is 3.51. The number of alkyl halides is 1. The normalized spacial score (nSPS) is 20.8. The lowest BCUT2D eigenvalue weighted by molar-refractivity contribution is 0.100. The highest BCUT2D eigenvalue weighted by atomic mass is 35.5. The molecule has 1 fully saturated rings. The van der Waals surface area contributed by atoms with Crippen LogP contribution in [0.1, 0.15) is 47.3 Å². The van der Waals surface area contributed by atoms with Crippen molar-refractivity contribution in [3.8, 4) is 11.3 Å². The molecular formula is C26H28ClN5O2. The van der Waals surface area contributed by atoms with Gasteiger partial charge in [0.1, 0.15) is 5.84 Å². The van der Waals surface area contributed by atoms with Crippen LogP contribution in [0.15, 0.2) is 52.4 Å². The Morgan fingerprint density at radius 3 is 2.85 bits per heavy atom. The van der Waals surface area contributed by atoms with E-state index in [1.54, 1.807) is 25.4 Å². The molecule has 2 aromatic heterocycles. The van der Waals surface area contributed by atoms with Gasteiger partial charge in [-0.1, -0.05) is 18.2 Å². The maximum atomic E-state index is 13.4. The lowest BCUT2D eigenvalue weighted by Gasteiger charge is -2.27. The van der Waals surface area contributed by atoms with Crippen LogP contribution in [0.4, 0.5) is 5.69 Å². The van der Waals surface area contributed by atoms with E-state index in [0.717, 1.165) is 37.2 Å². The van der Waals surface area contributed by atoms with Crippen LogP contribution in [0.2, 0.25) is 0 Å². The molecule has 3 heterocycles. The van der Waals surface area contributed by atoms with Crippen molar-refractivity contribution in [3.63, 3.8) is 0 Å². The van der Waals surface area contributed by atoms with E-state index in [2.05, 4.69) is 32.1 Å². The number of hydrogen-bond acceptors (Lipinski definition) is 3. The van der Waals surface area contributed by atoms with E-state index in [9.17, 15) is 9.59 Å². The number of H-pyrrole nitrogens is 1. The number of amides is 1.